The zero-order chi connectivity index (χ0) is 19.9. The van der Waals surface area contributed by atoms with Gasteiger partial charge in [-0.2, -0.15) is 0 Å². The van der Waals surface area contributed by atoms with Crippen LogP contribution in [0.3, 0.4) is 0 Å². The van der Waals surface area contributed by atoms with Crippen molar-refractivity contribution in [2.75, 3.05) is 0 Å². The largest absolute Gasteiger partial charge is 0.0901 e. The van der Waals surface area contributed by atoms with E-state index >= 15 is 0 Å². The van der Waals surface area contributed by atoms with E-state index in [1.54, 1.807) is 11.1 Å². The van der Waals surface area contributed by atoms with Crippen molar-refractivity contribution in [1.82, 2.24) is 0 Å². The van der Waals surface area contributed by atoms with Gasteiger partial charge in [0, 0.05) is 5.92 Å². The van der Waals surface area contributed by atoms with Crippen LogP contribution in [0.5, 0.6) is 0 Å². The van der Waals surface area contributed by atoms with Crippen LogP contribution in [0.1, 0.15) is 61.1 Å². The topological polar surface area (TPSA) is 0 Å². The zero-order valence-corrected chi connectivity index (χ0v) is 19.1. The molecule has 0 N–H and O–H groups in total. The van der Waals surface area contributed by atoms with Crippen LogP contribution in [0.25, 0.3) is 0 Å². The van der Waals surface area contributed by atoms with E-state index in [4.69, 9.17) is 0 Å². The number of aryl methyl sites for hydroxylation is 4. The first-order valence-corrected chi connectivity index (χ1v) is 11.0. The van der Waals surface area contributed by atoms with E-state index in [1.807, 2.05) is 0 Å². The predicted octanol–water partition coefficient (Wildman–Crippen LogP) is 6.29. The molecule has 0 bridgehead atoms. The van der Waals surface area contributed by atoms with Crippen molar-refractivity contribution in [2.24, 2.45) is 5.92 Å². The minimum absolute atomic E-state index is 0.512. The summed E-state index contributed by atoms with van der Waals surface area (Å²) in [5.41, 5.74) is 13.7. The molecular formula is C26H32Si. The molecule has 1 aliphatic rings. The second-order valence-electron chi connectivity index (χ2n) is 8.45. The van der Waals surface area contributed by atoms with Crippen LogP contribution < -0.4 is 5.19 Å². The minimum atomic E-state index is 0.512. The van der Waals surface area contributed by atoms with Gasteiger partial charge in [-0.05, 0) is 83.2 Å². The number of rotatable bonds is 4. The highest BCUT2D eigenvalue weighted by Crippen LogP contribution is 2.44. The average Bonchev–Trinajstić information content (AvgIpc) is 2.78. The van der Waals surface area contributed by atoms with Crippen molar-refractivity contribution in [1.29, 1.82) is 0 Å². The smallest absolute Gasteiger partial charge is 0.0630 e. The van der Waals surface area contributed by atoms with E-state index in [-0.39, 0.29) is 0 Å². The summed E-state index contributed by atoms with van der Waals surface area (Å²) in [6.45, 7) is 18.2. The van der Waals surface area contributed by atoms with Crippen molar-refractivity contribution in [3.05, 3.63) is 86.5 Å². The molecule has 0 amide bonds. The summed E-state index contributed by atoms with van der Waals surface area (Å²) < 4.78 is 0. The van der Waals surface area contributed by atoms with Crippen LogP contribution in [-0.4, -0.2) is 9.52 Å². The molecule has 27 heavy (non-hydrogen) atoms. The minimum Gasteiger partial charge on any atom is -0.0630 e. The standard InChI is InChI=1S/C26H32Si/c1-15-9-10-18(4)24(14-15)26(25-21(7)19(5)20(6)22(25)8)27-23-12-16(2)11-17(3)13-23/h9-14,25-26H,1-8H3. The fourth-order valence-electron chi connectivity index (χ4n) is 4.56. The van der Waals surface area contributed by atoms with Gasteiger partial charge in [0.2, 0.25) is 0 Å². The summed E-state index contributed by atoms with van der Waals surface area (Å²) in [6, 6.07) is 14.0. The first-order chi connectivity index (χ1) is 12.7. The van der Waals surface area contributed by atoms with Gasteiger partial charge in [0.15, 0.2) is 0 Å². The molecule has 140 valence electrons. The summed E-state index contributed by atoms with van der Waals surface area (Å²) >= 11 is 0. The second-order valence-corrected chi connectivity index (χ2v) is 9.94. The van der Waals surface area contributed by atoms with E-state index in [1.165, 1.54) is 44.2 Å². The molecule has 0 aromatic heterocycles. The van der Waals surface area contributed by atoms with E-state index in [0.717, 1.165) is 9.52 Å². The molecule has 0 saturated carbocycles. The lowest BCUT2D eigenvalue weighted by atomic mass is 9.87. The summed E-state index contributed by atoms with van der Waals surface area (Å²) in [6.07, 6.45) is 0. The average molecular weight is 373 g/mol. The van der Waals surface area contributed by atoms with Crippen LogP contribution in [0.2, 0.25) is 0 Å². The second kappa shape index (κ2) is 7.64. The molecule has 0 fully saturated rings. The van der Waals surface area contributed by atoms with Crippen molar-refractivity contribution in [2.45, 2.75) is 60.9 Å². The molecule has 0 aliphatic heterocycles. The van der Waals surface area contributed by atoms with Crippen LogP contribution in [-0.2, 0) is 0 Å². The summed E-state index contributed by atoms with van der Waals surface area (Å²) in [4.78, 5) is 0. The molecule has 1 heteroatoms. The Kier molecular flexibility index (Phi) is 5.62. The fourth-order valence-corrected chi connectivity index (χ4v) is 6.67. The Morgan fingerprint density at radius 3 is 1.78 bits per heavy atom. The van der Waals surface area contributed by atoms with E-state index in [0.29, 0.717) is 11.5 Å². The molecule has 0 heterocycles. The number of hydrogen-bond acceptors (Lipinski definition) is 0. The maximum absolute atomic E-state index is 2.43. The van der Waals surface area contributed by atoms with Crippen LogP contribution >= 0.6 is 0 Å². The van der Waals surface area contributed by atoms with Crippen LogP contribution in [0.15, 0.2) is 58.7 Å². The molecule has 0 nitrogen and oxygen atoms in total. The molecule has 2 radical (unpaired) electrons. The van der Waals surface area contributed by atoms with Crippen LogP contribution in [0, 0.1) is 33.6 Å². The summed E-state index contributed by atoms with van der Waals surface area (Å²) in [5.74, 6) is 0.518. The number of allylic oxidation sites excluding steroid dienone is 4. The van der Waals surface area contributed by atoms with Crippen molar-refractivity contribution >= 4 is 14.7 Å². The van der Waals surface area contributed by atoms with Gasteiger partial charge in [-0.25, -0.2) is 0 Å². The number of benzene rings is 2. The van der Waals surface area contributed by atoms with E-state index in [2.05, 4.69) is 91.8 Å². The van der Waals surface area contributed by atoms with Crippen molar-refractivity contribution in [3.8, 4) is 0 Å². The third-order valence-corrected chi connectivity index (χ3v) is 7.90. The Labute approximate surface area is 168 Å². The Morgan fingerprint density at radius 1 is 0.667 bits per heavy atom. The highest BCUT2D eigenvalue weighted by Gasteiger charge is 2.33. The zero-order valence-electron chi connectivity index (χ0n) is 18.1. The highest BCUT2D eigenvalue weighted by molar-refractivity contribution is 6.55. The third-order valence-electron chi connectivity index (χ3n) is 6.33. The predicted molar refractivity (Wildman–Crippen MR) is 120 cm³/mol. The van der Waals surface area contributed by atoms with Crippen molar-refractivity contribution in [3.63, 3.8) is 0 Å². The molecule has 0 saturated heterocycles. The van der Waals surface area contributed by atoms with Gasteiger partial charge in [-0.3, -0.25) is 0 Å². The van der Waals surface area contributed by atoms with Gasteiger partial charge in [0.05, 0.1) is 9.52 Å². The quantitative estimate of drug-likeness (QED) is 0.553. The van der Waals surface area contributed by atoms with Gasteiger partial charge in [0.1, 0.15) is 0 Å². The van der Waals surface area contributed by atoms with E-state index in [9.17, 15) is 0 Å². The lowest BCUT2D eigenvalue weighted by Crippen LogP contribution is -2.29. The molecule has 0 spiro atoms. The van der Waals surface area contributed by atoms with Gasteiger partial charge in [-0.15, -0.1) is 0 Å². The first-order valence-electron chi connectivity index (χ1n) is 9.96. The monoisotopic (exact) mass is 372 g/mol. The van der Waals surface area contributed by atoms with Gasteiger partial charge in [0.25, 0.3) is 0 Å². The van der Waals surface area contributed by atoms with Crippen LogP contribution in [0.4, 0.5) is 0 Å². The number of hydrogen-bond donors (Lipinski definition) is 0. The maximum atomic E-state index is 2.43. The van der Waals surface area contributed by atoms with E-state index < -0.39 is 0 Å². The lowest BCUT2D eigenvalue weighted by molar-refractivity contribution is 0.683. The summed E-state index contributed by atoms with van der Waals surface area (Å²) in [7, 11) is 0.775. The van der Waals surface area contributed by atoms with Gasteiger partial charge >= 0.3 is 0 Å². The maximum Gasteiger partial charge on any atom is 0.0901 e. The molecular weight excluding hydrogens is 340 g/mol. The fraction of sp³-hybridized carbons (Fsp3) is 0.385. The Morgan fingerprint density at radius 2 is 1.22 bits per heavy atom. The van der Waals surface area contributed by atoms with Gasteiger partial charge in [-0.1, -0.05) is 69.4 Å². The van der Waals surface area contributed by atoms with Gasteiger partial charge < -0.3 is 0 Å². The van der Waals surface area contributed by atoms with Crippen molar-refractivity contribution < 1.29 is 0 Å². The highest BCUT2D eigenvalue weighted by atomic mass is 28.2. The molecule has 1 aliphatic carbocycles. The lowest BCUT2D eigenvalue weighted by Gasteiger charge is -2.29. The Balaban J connectivity index is 2.14. The molecule has 3 rings (SSSR count). The Bertz CT molecular complexity index is 898. The SMILES string of the molecule is CC1=C(C)C(C([Si]c2cc(C)cc(C)c2)c2cc(C)ccc2C)C(C)=C1C. The molecule has 2 aromatic rings. The molecule has 2 aromatic carbocycles. The molecule has 1 atom stereocenters. The molecule has 1 unspecified atom stereocenters. The summed E-state index contributed by atoms with van der Waals surface area (Å²) in [5, 5.41) is 1.49. The Hall–Kier alpha value is -1.86. The first kappa shape index (κ1) is 19.9. The normalized spacial score (nSPS) is 16.4. The third kappa shape index (κ3) is 3.89.